The molecule has 2 unspecified atom stereocenters. The number of ketones is 1. The number of hydrogen-bond donors (Lipinski definition) is 4. The number of aryl methyl sites for hydroxylation is 3. The highest BCUT2D eigenvalue weighted by Gasteiger charge is 2.53. The number of rotatable bonds is 37. The molecular weight excluding hydrogens is 1140 g/mol. The summed E-state index contributed by atoms with van der Waals surface area (Å²) >= 11 is 3.98. The number of hydrogen-bond acceptors (Lipinski definition) is 19. The van der Waals surface area contributed by atoms with Crippen molar-refractivity contribution in [3.8, 4) is 17.2 Å². The second-order valence-electron chi connectivity index (χ2n) is 20.7. The Morgan fingerprint density at radius 1 is 0.663 bits per heavy atom. The smallest absolute Gasteiger partial charge is 0.306 e. The van der Waals surface area contributed by atoms with Crippen molar-refractivity contribution in [1.82, 2.24) is 19.9 Å². The maximum Gasteiger partial charge on any atom is 0.306 e. The van der Waals surface area contributed by atoms with Crippen LogP contribution in [0.3, 0.4) is 0 Å². The third-order valence-corrected chi connectivity index (χ3v) is 16.2. The van der Waals surface area contributed by atoms with Gasteiger partial charge in [0.2, 0.25) is 5.75 Å². The average molecular weight is 1230 g/mol. The van der Waals surface area contributed by atoms with Crippen molar-refractivity contribution in [2.24, 2.45) is 0 Å². The Labute approximate surface area is 494 Å². The molecule has 3 aliphatic rings. The van der Waals surface area contributed by atoms with Gasteiger partial charge in [-0.3, -0.25) is 19.6 Å². The van der Waals surface area contributed by atoms with Crippen LogP contribution in [0, 0.1) is 13.8 Å². The number of aromatic nitrogens is 4. The Morgan fingerprint density at radius 3 is 1.70 bits per heavy atom. The summed E-state index contributed by atoms with van der Waals surface area (Å²) in [5, 5.41) is 24.3. The van der Waals surface area contributed by atoms with E-state index < -0.39 is 17.2 Å². The van der Waals surface area contributed by atoms with Crippen LogP contribution in [0.1, 0.15) is 120 Å². The first-order valence-corrected chi connectivity index (χ1v) is 29.5. The molecule has 8 bridgehead atoms. The van der Waals surface area contributed by atoms with E-state index in [9.17, 15) is 19.8 Å². The average Bonchev–Trinajstić information content (AvgIpc) is 1.99. The summed E-state index contributed by atoms with van der Waals surface area (Å²) in [6.45, 7) is 17.7. The van der Waals surface area contributed by atoms with E-state index in [4.69, 9.17) is 71.5 Å². The van der Waals surface area contributed by atoms with Crippen molar-refractivity contribution in [1.29, 1.82) is 0 Å². The van der Waals surface area contributed by atoms with E-state index in [1.807, 2.05) is 26.8 Å². The van der Waals surface area contributed by atoms with Gasteiger partial charge in [0.15, 0.2) is 17.3 Å². The van der Waals surface area contributed by atoms with Gasteiger partial charge in [0, 0.05) is 68.2 Å². The summed E-state index contributed by atoms with van der Waals surface area (Å²) in [7, 11) is 4.85. The number of esters is 1. The molecule has 22 heteroatoms. The Morgan fingerprint density at radius 2 is 1.17 bits per heavy atom. The summed E-state index contributed by atoms with van der Waals surface area (Å²) in [5.74, 6) is 0.00695. The molecule has 0 radical (unpaired) electrons. The van der Waals surface area contributed by atoms with Gasteiger partial charge in [0.25, 0.3) is 0 Å². The summed E-state index contributed by atoms with van der Waals surface area (Å²) in [6, 6.07) is 7.07. The number of aromatic amines is 2. The van der Waals surface area contributed by atoms with E-state index in [0.29, 0.717) is 148 Å². The van der Waals surface area contributed by atoms with Crippen LogP contribution in [0.25, 0.3) is 22.1 Å². The molecule has 83 heavy (non-hydrogen) atoms. The van der Waals surface area contributed by atoms with Crippen molar-refractivity contribution in [2.45, 2.75) is 103 Å². The number of nitrogens with zero attached hydrogens (tertiary/aromatic N) is 2. The monoisotopic (exact) mass is 1220 g/mol. The van der Waals surface area contributed by atoms with Crippen molar-refractivity contribution < 1.29 is 81.4 Å². The quantitative estimate of drug-likeness (QED) is 0.0246. The zero-order chi connectivity index (χ0) is 59.5. The Hall–Kier alpha value is -5.08. The molecule has 1 aliphatic carbocycles. The zero-order valence-electron chi connectivity index (χ0n) is 49.7. The number of Topliss-reactive ketones (excluding diaryl/α,β-unsaturated/α-hetero) is 1. The number of carbonyl (C=O) groups is 2. The van der Waals surface area contributed by atoms with Gasteiger partial charge >= 0.3 is 5.97 Å². The van der Waals surface area contributed by atoms with E-state index in [-0.39, 0.29) is 88.8 Å². The molecule has 4 aromatic rings. The van der Waals surface area contributed by atoms with E-state index in [0.717, 1.165) is 37.9 Å². The van der Waals surface area contributed by atoms with Crippen LogP contribution in [-0.2, 0) is 82.8 Å². The SMILES string of the molecule is CCc1c(C)c2[nH]c1cc1nc(cc3[nH]c4c(c5nc(c2Br)[C@@H](C)[C@@H]5CCC(=O)OCc2cc(OCCOCCOCCOC)c(OCCOCCOCCOC)c(OCCOCCOCCOC)c2)CC(=O)c4c3C)C(O)(CC)C1(C)O. The van der Waals surface area contributed by atoms with Gasteiger partial charge < -0.3 is 81.8 Å². The van der Waals surface area contributed by atoms with Gasteiger partial charge in [-0.05, 0) is 102 Å². The fraction of sp³-hybridized carbons (Fsp3) is 0.607. The predicted octanol–water partition coefficient (Wildman–Crippen LogP) is 8.09. The molecule has 21 nitrogen and oxygen atoms in total. The van der Waals surface area contributed by atoms with Gasteiger partial charge in [-0.1, -0.05) is 20.8 Å². The van der Waals surface area contributed by atoms with Crippen LogP contribution in [0.2, 0.25) is 0 Å². The van der Waals surface area contributed by atoms with Crippen LogP contribution in [-0.4, -0.2) is 182 Å². The third-order valence-electron chi connectivity index (χ3n) is 15.4. The molecule has 0 saturated carbocycles. The highest BCUT2D eigenvalue weighted by Crippen LogP contribution is 2.49. The van der Waals surface area contributed by atoms with Gasteiger partial charge in [-0.2, -0.15) is 0 Å². The lowest BCUT2D eigenvalue weighted by Gasteiger charge is -2.34. The van der Waals surface area contributed by atoms with Crippen LogP contribution >= 0.6 is 15.9 Å². The van der Waals surface area contributed by atoms with E-state index >= 15 is 0 Å². The Balaban J connectivity index is 1.15. The second kappa shape index (κ2) is 31.9. The van der Waals surface area contributed by atoms with Crippen molar-refractivity contribution >= 4 is 49.7 Å². The van der Waals surface area contributed by atoms with E-state index in [1.165, 1.54) is 0 Å². The maximum absolute atomic E-state index is 14.1. The minimum absolute atomic E-state index is 0.0365. The number of ether oxygens (including phenoxy) is 13. The molecule has 4 N–H and O–H groups in total. The first-order valence-electron chi connectivity index (χ1n) is 28.7. The van der Waals surface area contributed by atoms with E-state index in [1.54, 1.807) is 46.5 Å². The molecule has 0 saturated heterocycles. The second-order valence-corrected chi connectivity index (χ2v) is 21.5. The normalized spacial score (nSPS) is 18.3. The van der Waals surface area contributed by atoms with Gasteiger partial charge in [0.1, 0.15) is 37.6 Å². The van der Waals surface area contributed by atoms with Crippen molar-refractivity contribution in [3.05, 3.63) is 84.9 Å². The summed E-state index contributed by atoms with van der Waals surface area (Å²) in [5.41, 5.74) is 5.99. The molecule has 3 aromatic heterocycles. The molecule has 0 spiro atoms. The lowest BCUT2D eigenvalue weighted by molar-refractivity contribution is -0.148. The molecule has 0 amide bonds. The lowest BCUT2D eigenvalue weighted by Crippen LogP contribution is -2.43. The number of halogens is 1. The Bertz CT molecular complexity index is 2920. The molecule has 2 aliphatic heterocycles. The van der Waals surface area contributed by atoms with Crippen LogP contribution in [0.15, 0.2) is 28.7 Å². The van der Waals surface area contributed by atoms with Crippen LogP contribution in [0.5, 0.6) is 17.2 Å². The lowest BCUT2D eigenvalue weighted by atomic mass is 9.80. The molecule has 0 fully saturated rings. The third kappa shape index (κ3) is 16.1. The van der Waals surface area contributed by atoms with Gasteiger partial charge in [0.05, 0.1) is 137 Å². The first-order chi connectivity index (χ1) is 40.1. The summed E-state index contributed by atoms with van der Waals surface area (Å²) < 4.78 is 74.9. The number of benzene rings is 1. The molecule has 458 valence electrons. The van der Waals surface area contributed by atoms with Crippen LogP contribution in [0.4, 0.5) is 0 Å². The molecule has 1 aromatic carbocycles. The largest absolute Gasteiger partial charge is 0.487 e. The zero-order valence-corrected chi connectivity index (χ0v) is 51.3. The van der Waals surface area contributed by atoms with Gasteiger partial charge in [-0.25, -0.2) is 0 Å². The summed E-state index contributed by atoms with van der Waals surface area (Å²) in [4.78, 5) is 45.6. The highest BCUT2D eigenvalue weighted by molar-refractivity contribution is 9.10. The van der Waals surface area contributed by atoms with Crippen LogP contribution < -0.4 is 14.2 Å². The van der Waals surface area contributed by atoms with E-state index in [2.05, 4.69) is 39.7 Å². The predicted molar refractivity (Wildman–Crippen MR) is 313 cm³/mol. The molecule has 5 heterocycles. The minimum atomic E-state index is -1.73. The number of methoxy groups -OCH3 is 3. The molecule has 7 rings (SSSR count). The number of aliphatic hydroxyl groups is 2. The molecule has 4 atom stereocenters. The first kappa shape index (κ1) is 65.5. The fourth-order valence-corrected chi connectivity index (χ4v) is 11.5. The number of H-pyrrole nitrogens is 2. The van der Waals surface area contributed by atoms with Crippen molar-refractivity contribution in [3.63, 3.8) is 0 Å². The van der Waals surface area contributed by atoms with Crippen molar-refractivity contribution in [2.75, 3.05) is 140 Å². The van der Waals surface area contributed by atoms with Gasteiger partial charge in [-0.15, -0.1) is 0 Å². The fourth-order valence-electron chi connectivity index (χ4n) is 10.7. The molecular formula is C61H85BrN4O17. The maximum atomic E-state index is 14.1. The Kier molecular flexibility index (Phi) is 25.1. The number of fused-ring (bicyclic) bond motifs is 8. The number of carbonyl (C=O) groups excluding carboxylic acids is 2. The highest BCUT2D eigenvalue weighted by atomic mass is 79.9. The summed E-state index contributed by atoms with van der Waals surface area (Å²) in [6.07, 6.45) is 1.36. The standard InChI is InChI=1S/C61H85BrN4O17/c1-10-42-38(3)55-54(62)56-39(4)43(57(66-56)44-34-47(67)53-40(5)45(63-58(44)53)35-51-61(70,11-2)60(6,69)50(65-51)36-46(42)64-55)12-13-52(68)83-37-41-32-48(80-29-26-77-23-20-74-17-14-71-7)59(82-31-28-79-25-22-76-19-16-73-9)49(33-41)81-30-27-78-24-21-75-18-15-72-8/h32-33,35-36,39,43,63-64,69-70H,10-31,34,37H2,1-9H3/t39-,43-,60?,61?/m0/s1. The topological polar surface area (TPSA) is 252 Å². The minimum Gasteiger partial charge on any atom is -0.487 e. The number of nitrogens with one attached hydrogen (secondary N) is 2.